The first-order valence-corrected chi connectivity index (χ1v) is 13.5. The van der Waals surface area contributed by atoms with Gasteiger partial charge in [0.15, 0.2) is 6.04 Å². The van der Waals surface area contributed by atoms with E-state index in [4.69, 9.17) is 9.47 Å². The molecule has 2 saturated heterocycles. The number of nitrogens with zero attached hydrogens (tertiary/aromatic N) is 4. The number of hydrogen-bond acceptors (Lipinski definition) is 5. The van der Waals surface area contributed by atoms with E-state index >= 15 is 0 Å². The lowest BCUT2D eigenvalue weighted by molar-refractivity contribution is -0.145. The van der Waals surface area contributed by atoms with E-state index in [1.165, 1.54) is 24.0 Å². The summed E-state index contributed by atoms with van der Waals surface area (Å²) in [5, 5.41) is 10.5. The summed E-state index contributed by atoms with van der Waals surface area (Å²) in [6.07, 6.45) is 1.09. The molecule has 2 aliphatic heterocycles. The van der Waals surface area contributed by atoms with E-state index in [9.17, 15) is 19.5 Å². The number of rotatable bonds is 7. The Morgan fingerprint density at radius 1 is 0.829 bits per heavy atom. The van der Waals surface area contributed by atoms with E-state index in [-0.39, 0.29) is 18.6 Å². The van der Waals surface area contributed by atoms with Crippen LogP contribution in [0.3, 0.4) is 0 Å². The SMILES string of the molecule is COc1ccccc1N(C(=O)N1CC2CCC([C@H]1C(=O)O)N2C(=O)N(C)Cc1ccccc1)c1ccccc1OC. The number of carbonyl (C=O) groups excluding carboxylic acids is 2. The minimum Gasteiger partial charge on any atom is -0.495 e. The Labute approximate surface area is 239 Å². The monoisotopic (exact) mass is 558 g/mol. The second kappa shape index (κ2) is 11.8. The maximum atomic E-state index is 14.5. The van der Waals surface area contributed by atoms with Crippen molar-refractivity contribution in [2.75, 3.05) is 32.7 Å². The quantitative estimate of drug-likeness (QED) is 0.446. The number of para-hydroxylation sites is 4. The highest BCUT2D eigenvalue weighted by Crippen LogP contribution is 2.42. The number of ether oxygens (including phenoxy) is 2. The number of benzene rings is 3. The first-order valence-electron chi connectivity index (χ1n) is 13.5. The van der Waals surface area contributed by atoms with E-state index in [1.54, 1.807) is 65.4 Å². The standard InChI is InChI=1S/C31H34N4O6/c1-32(19-21-11-5-4-6-12-21)30(38)34-22-17-18-25(34)28(29(36)37)33(20-22)31(39)35(23-13-7-9-15-26(23)40-2)24-14-8-10-16-27(24)41-3/h4-16,22,25,28H,17-20H2,1-3H3,(H,36,37)/t22?,25?,28-/m0/s1. The number of carboxylic acid groups (broad SMARTS) is 1. The van der Waals surface area contributed by atoms with Crippen molar-refractivity contribution in [3.05, 3.63) is 84.4 Å². The van der Waals surface area contributed by atoms with Gasteiger partial charge in [-0.25, -0.2) is 14.4 Å². The molecule has 214 valence electrons. The molecule has 5 rings (SSSR count). The number of fused-ring (bicyclic) bond motifs is 2. The summed E-state index contributed by atoms with van der Waals surface area (Å²) in [6, 6.07) is 20.8. The van der Waals surface area contributed by atoms with Gasteiger partial charge in [-0.2, -0.15) is 0 Å². The van der Waals surface area contributed by atoms with Crippen LogP contribution < -0.4 is 14.4 Å². The average Bonchev–Trinajstić information content (AvgIpc) is 3.29. The van der Waals surface area contributed by atoms with Crippen molar-refractivity contribution in [2.24, 2.45) is 0 Å². The summed E-state index contributed by atoms with van der Waals surface area (Å²) in [5.41, 5.74) is 1.87. The number of hydrogen-bond donors (Lipinski definition) is 1. The molecule has 2 fully saturated rings. The lowest BCUT2D eigenvalue weighted by Gasteiger charge is -2.47. The zero-order valence-corrected chi connectivity index (χ0v) is 23.3. The molecule has 2 heterocycles. The topological polar surface area (TPSA) is 103 Å². The van der Waals surface area contributed by atoms with Gasteiger partial charge in [0.05, 0.1) is 37.7 Å². The molecule has 0 saturated carbocycles. The molecule has 2 bridgehead atoms. The molecule has 10 heteroatoms. The molecule has 3 aromatic carbocycles. The zero-order valence-electron chi connectivity index (χ0n) is 23.3. The molecular formula is C31H34N4O6. The highest BCUT2D eigenvalue weighted by Gasteiger charge is 2.54. The van der Waals surface area contributed by atoms with E-state index in [2.05, 4.69) is 0 Å². The Balaban J connectivity index is 1.50. The molecule has 2 aliphatic rings. The molecule has 1 N–H and O–H groups in total. The van der Waals surface area contributed by atoms with Crippen LogP contribution in [0, 0.1) is 0 Å². The summed E-state index contributed by atoms with van der Waals surface area (Å²) < 4.78 is 11.2. The minimum absolute atomic E-state index is 0.0814. The van der Waals surface area contributed by atoms with Crippen LogP contribution in [0.4, 0.5) is 21.0 Å². The van der Waals surface area contributed by atoms with Crippen LogP contribution in [-0.4, -0.2) is 83.8 Å². The minimum atomic E-state index is -1.23. The third-order valence-electron chi connectivity index (χ3n) is 7.81. The number of carbonyl (C=O) groups is 3. The van der Waals surface area contributed by atoms with Gasteiger partial charge in [-0.15, -0.1) is 0 Å². The van der Waals surface area contributed by atoms with Crippen LogP contribution in [0.25, 0.3) is 0 Å². The van der Waals surface area contributed by atoms with Crippen LogP contribution in [0.2, 0.25) is 0 Å². The smallest absolute Gasteiger partial charge is 0.330 e. The highest BCUT2D eigenvalue weighted by molar-refractivity contribution is 6.03. The molecule has 3 aromatic rings. The second-order valence-corrected chi connectivity index (χ2v) is 10.2. The van der Waals surface area contributed by atoms with Gasteiger partial charge in [-0.3, -0.25) is 4.90 Å². The molecule has 0 aliphatic carbocycles. The normalized spacial score (nSPS) is 19.4. The van der Waals surface area contributed by atoms with Crippen molar-refractivity contribution in [3.63, 3.8) is 0 Å². The molecule has 2 unspecified atom stereocenters. The number of carboxylic acids is 1. The lowest BCUT2D eigenvalue weighted by atomic mass is 10.0. The highest BCUT2D eigenvalue weighted by atomic mass is 16.5. The zero-order chi connectivity index (χ0) is 29.1. The molecule has 0 spiro atoms. The summed E-state index contributed by atoms with van der Waals surface area (Å²) in [5.74, 6) is -0.275. The van der Waals surface area contributed by atoms with Gasteiger partial charge < -0.3 is 29.3 Å². The number of piperazine rings is 1. The maximum Gasteiger partial charge on any atom is 0.330 e. The van der Waals surface area contributed by atoms with E-state index in [1.807, 2.05) is 30.3 Å². The van der Waals surface area contributed by atoms with Crippen LogP contribution in [0.1, 0.15) is 18.4 Å². The fourth-order valence-electron chi connectivity index (χ4n) is 5.96. The fourth-order valence-corrected chi connectivity index (χ4v) is 5.96. The van der Waals surface area contributed by atoms with Crippen molar-refractivity contribution in [2.45, 2.75) is 37.5 Å². The molecule has 0 aromatic heterocycles. The predicted molar refractivity (Wildman–Crippen MR) is 154 cm³/mol. The lowest BCUT2D eigenvalue weighted by Crippen LogP contribution is -2.67. The number of methoxy groups -OCH3 is 2. The number of aliphatic carboxylic acids is 1. The van der Waals surface area contributed by atoms with Crippen molar-refractivity contribution in [3.8, 4) is 11.5 Å². The third-order valence-corrected chi connectivity index (χ3v) is 7.81. The van der Waals surface area contributed by atoms with Crippen LogP contribution in [-0.2, 0) is 11.3 Å². The molecule has 4 amide bonds. The van der Waals surface area contributed by atoms with Gasteiger partial charge in [0.25, 0.3) is 0 Å². The maximum absolute atomic E-state index is 14.5. The van der Waals surface area contributed by atoms with Crippen molar-refractivity contribution < 1.29 is 29.0 Å². The molecule has 10 nitrogen and oxygen atoms in total. The summed E-state index contributed by atoms with van der Waals surface area (Å²) in [7, 11) is 4.74. The average molecular weight is 559 g/mol. The molecule has 3 atom stereocenters. The van der Waals surface area contributed by atoms with Crippen LogP contribution in [0.15, 0.2) is 78.9 Å². The first-order chi connectivity index (χ1) is 19.8. The fraction of sp³-hybridized carbons (Fsp3) is 0.323. The Morgan fingerprint density at radius 3 is 1.95 bits per heavy atom. The number of anilines is 2. The predicted octanol–water partition coefficient (Wildman–Crippen LogP) is 4.82. The Bertz CT molecular complexity index is 1370. The van der Waals surface area contributed by atoms with Gasteiger partial charge in [0.2, 0.25) is 0 Å². The van der Waals surface area contributed by atoms with E-state index < -0.39 is 24.1 Å². The van der Waals surface area contributed by atoms with Crippen molar-refractivity contribution in [1.82, 2.24) is 14.7 Å². The van der Waals surface area contributed by atoms with Gasteiger partial charge in [0, 0.05) is 20.1 Å². The number of likely N-dealkylation sites (tertiary alicyclic amines) is 1. The van der Waals surface area contributed by atoms with Crippen LogP contribution in [0.5, 0.6) is 11.5 Å². The summed E-state index contributed by atoms with van der Waals surface area (Å²) >= 11 is 0. The first kappa shape index (κ1) is 27.8. The third kappa shape index (κ3) is 5.25. The molecule has 41 heavy (non-hydrogen) atoms. The molecular weight excluding hydrogens is 524 g/mol. The van der Waals surface area contributed by atoms with Crippen molar-refractivity contribution in [1.29, 1.82) is 0 Å². The molecule has 0 radical (unpaired) electrons. The van der Waals surface area contributed by atoms with Gasteiger partial charge in [-0.05, 0) is 42.7 Å². The van der Waals surface area contributed by atoms with Crippen molar-refractivity contribution >= 4 is 29.4 Å². The van der Waals surface area contributed by atoms with Gasteiger partial charge in [0.1, 0.15) is 11.5 Å². The van der Waals surface area contributed by atoms with E-state index in [0.29, 0.717) is 42.3 Å². The number of amides is 4. The van der Waals surface area contributed by atoms with Gasteiger partial charge >= 0.3 is 18.0 Å². The number of urea groups is 2. The largest absolute Gasteiger partial charge is 0.495 e. The Kier molecular flexibility index (Phi) is 8.00. The Morgan fingerprint density at radius 2 is 1.39 bits per heavy atom. The van der Waals surface area contributed by atoms with Gasteiger partial charge in [-0.1, -0.05) is 54.6 Å². The summed E-state index contributed by atoms with van der Waals surface area (Å²) in [4.78, 5) is 47.1. The van der Waals surface area contributed by atoms with E-state index in [0.717, 1.165) is 5.56 Å². The van der Waals surface area contributed by atoms with Crippen LogP contribution >= 0.6 is 0 Å². The second-order valence-electron chi connectivity index (χ2n) is 10.2. The summed E-state index contributed by atoms with van der Waals surface area (Å²) in [6.45, 7) is 0.476. The Hall–Kier alpha value is -4.73.